The summed E-state index contributed by atoms with van der Waals surface area (Å²) in [6.07, 6.45) is 9.17. The maximum atomic E-state index is 12.4. The van der Waals surface area contributed by atoms with Gasteiger partial charge in [-0.3, -0.25) is 0 Å². The van der Waals surface area contributed by atoms with Crippen LogP contribution in [0.4, 0.5) is 5.82 Å². The Morgan fingerprint density at radius 2 is 1.81 bits per heavy atom. The van der Waals surface area contributed by atoms with Crippen molar-refractivity contribution in [2.45, 2.75) is 62.8 Å². The van der Waals surface area contributed by atoms with E-state index in [0.717, 1.165) is 32.2 Å². The lowest BCUT2D eigenvalue weighted by atomic mass is 9.97. The predicted molar refractivity (Wildman–Crippen MR) is 84.8 cm³/mol. The fraction of sp³-hybridized carbons (Fsp3) is 0.667. The summed E-state index contributed by atoms with van der Waals surface area (Å²) >= 11 is 0. The fourth-order valence-corrected chi connectivity index (χ4v) is 3.94. The third kappa shape index (κ3) is 4.97. The zero-order valence-electron chi connectivity index (χ0n) is 12.6. The molecule has 118 valence electrons. The normalized spacial score (nSPS) is 18.0. The van der Waals surface area contributed by atoms with Gasteiger partial charge >= 0.3 is 0 Å². The first-order valence-electron chi connectivity index (χ1n) is 7.84. The van der Waals surface area contributed by atoms with E-state index in [1.165, 1.54) is 25.5 Å². The predicted octanol–water partition coefficient (Wildman–Crippen LogP) is 2.90. The molecule has 1 saturated carbocycles. The van der Waals surface area contributed by atoms with Crippen molar-refractivity contribution >= 4 is 15.8 Å². The molecule has 0 aromatic carbocycles. The molecule has 1 fully saturated rings. The molecular formula is C15H25N3O2S. The maximum absolute atomic E-state index is 12.4. The van der Waals surface area contributed by atoms with Crippen molar-refractivity contribution in [3.8, 4) is 0 Å². The minimum absolute atomic E-state index is 0.0590. The molecule has 21 heavy (non-hydrogen) atoms. The van der Waals surface area contributed by atoms with Crippen molar-refractivity contribution in [2.75, 3.05) is 11.9 Å². The number of aromatic nitrogens is 1. The van der Waals surface area contributed by atoms with Gasteiger partial charge in [0.15, 0.2) is 0 Å². The quantitative estimate of drug-likeness (QED) is 0.877. The smallest absolute Gasteiger partial charge is 0.242 e. The van der Waals surface area contributed by atoms with Gasteiger partial charge in [0.25, 0.3) is 0 Å². The Morgan fingerprint density at radius 1 is 1.14 bits per heavy atom. The van der Waals surface area contributed by atoms with Crippen LogP contribution in [0, 0.1) is 0 Å². The van der Waals surface area contributed by atoms with Gasteiger partial charge in [-0.1, -0.05) is 32.1 Å². The molecule has 1 heterocycles. The second-order valence-electron chi connectivity index (χ2n) is 5.57. The van der Waals surface area contributed by atoms with E-state index in [9.17, 15) is 8.42 Å². The lowest BCUT2D eigenvalue weighted by Crippen LogP contribution is -2.35. The molecule has 0 unspecified atom stereocenters. The number of nitrogens with one attached hydrogen (secondary N) is 2. The van der Waals surface area contributed by atoms with Crippen LogP contribution in [-0.2, 0) is 10.0 Å². The third-order valence-electron chi connectivity index (χ3n) is 3.83. The fourth-order valence-electron chi connectivity index (χ4n) is 2.69. The van der Waals surface area contributed by atoms with Crippen LogP contribution in [-0.4, -0.2) is 26.0 Å². The van der Waals surface area contributed by atoms with Crippen molar-refractivity contribution < 1.29 is 8.42 Å². The Kier molecular flexibility index (Phi) is 5.99. The van der Waals surface area contributed by atoms with E-state index in [-0.39, 0.29) is 10.9 Å². The largest absolute Gasteiger partial charge is 0.370 e. The van der Waals surface area contributed by atoms with Gasteiger partial charge in [-0.05, 0) is 31.9 Å². The van der Waals surface area contributed by atoms with Crippen LogP contribution in [0.15, 0.2) is 23.2 Å². The lowest BCUT2D eigenvalue weighted by Gasteiger charge is -2.20. The van der Waals surface area contributed by atoms with Crippen LogP contribution in [0.2, 0.25) is 0 Å². The summed E-state index contributed by atoms with van der Waals surface area (Å²) in [4.78, 5) is 4.37. The molecule has 0 spiro atoms. The van der Waals surface area contributed by atoms with Crippen LogP contribution < -0.4 is 10.0 Å². The highest BCUT2D eigenvalue weighted by molar-refractivity contribution is 7.89. The number of nitrogens with zero attached hydrogens (tertiary/aromatic N) is 1. The molecule has 1 aliphatic carbocycles. The SMILES string of the molecule is CCNc1ccc(S(=O)(=O)NC2CCCCCCC2)cn1. The van der Waals surface area contributed by atoms with E-state index < -0.39 is 10.0 Å². The van der Waals surface area contributed by atoms with Gasteiger partial charge in [0, 0.05) is 18.8 Å². The van der Waals surface area contributed by atoms with Crippen molar-refractivity contribution in [3.63, 3.8) is 0 Å². The summed E-state index contributed by atoms with van der Waals surface area (Å²) < 4.78 is 27.6. The molecule has 2 N–H and O–H groups in total. The minimum Gasteiger partial charge on any atom is -0.370 e. The van der Waals surface area contributed by atoms with Crippen molar-refractivity contribution in [1.29, 1.82) is 0 Å². The Hall–Kier alpha value is -1.14. The Labute approximate surface area is 127 Å². The number of hydrogen-bond donors (Lipinski definition) is 2. The molecular weight excluding hydrogens is 286 g/mol. The number of sulfonamides is 1. The van der Waals surface area contributed by atoms with Gasteiger partial charge in [-0.25, -0.2) is 18.1 Å². The van der Waals surface area contributed by atoms with Crippen LogP contribution in [0.3, 0.4) is 0 Å². The summed E-state index contributed by atoms with van der Waals surface area (Å²) in [5.41, 5.74) is 0. The second-order valence-corrected chi connectivity index (χ2v) is 7.29. The minimum atomic E-state index is -3.46. The molecule has 0 bridgehead atoms. The van der Waals surface area contributed by atoms with E-state index in [1.54, 1.807) is 12.1 Å². The monoisotopic (exact) mass is 311 g/mol. The number of pyridine rings is 1. The average molecular weight is 311 g/mol. The zero-order valence-corrected chi connectivity index (χ0v) is 13.5. The number of rotatable bonds is 5. The number of anilines is 1. The van der Waals surface area contributed by atoms with E-state index in [2.05, 4.69) is 15.0 Å². The zero-order chi connectivity index (χ0) is 15.1. The Morgan fingerprint density at radius 3 is 2.38 bits per heavy atom. The van der Waals surface area contributed by atoms with Gasteiger partial charge in [0.05, 0.1) is 0 Å². The Bertz CT molecular complexity index is 520. The first-order valence-corrected chi connectivity index (χ1v) is 9.32. The van der Waals surface area contributed by atoms with Crippen LogP contribution >= 0.6 is 0 Å². The molecule has 1 aromatic rings. The summed E-state index contributed by atoms with van der Waals surface area (Å²) in [5.74, 6) is 0.697. The molecule has 6 heteroatoms. The molecule has 0 radical (unpaired) electrons. The molecule has 1 aliphatic rings. The standard InChI is InChI=1S/C15H25N3O2S/c1-2-16-15-11-10-14(12-17-15)21(19,20)18-13-8-6-4-3-5-7-9-13/h10-13,18H,2-9H2,1H3,(H,16,17). The molecule has 5 nitrogen and oxygen atoms in total. The van der Waals surface area contributed by atoms with Gasteiger partial charge in [-0.2, -0.15) is 0 Å². The van der Waals surface area contributed by atoms with Crippen molar-refractivity contribution in [2.24, 2.45) is 0 Å². The van der Waals surface area contributed by atoms with Crippen LogP contribution in [0.5, 0.6) is 0 Å². The van der Waals surface area contributed by atoms with E-state index in [4.69, 9.17) is 0 Å². The highest BCUT2D eigenvalue weighted by atomic mass is 32.2. The first kappa shape index (κ1) is 16.2. The highest BCUT2D eigenvalue weighted by Crippen LogP contribution is 2.19. The van der Waals surface area contributed by atoms with Gasteiger partial charge < -0.3 is 5.32 Å². The first-order chi connectivity index (χ1) is 10.1. The highest BCUT2D eigenvalue weighted by Gasteiger charge is 2.20. The van der Waals surface area contributed by atoms with Crippen LogP contribution in [0.25, 0.3) is 0 Å². The summed E-state index contributed by atoms with van der Waals surface area (Å²) in [7, 11) is -3.46. The molecule has 2 rings (SSSR count). The van der Waals surface area contributed by atoms with Crippen LogP contribution in [0.1, 0.15) is 51.9 Å². The third-order valence-corrected chi connectivity index (χ3v) is 5.34. The van der Waals surface area contributed by atoms with E-state index in [0.29, 0.717) is 5.82 Å². The molecule has 1 aromatic heterocycles. The molecule has 0 amide bonds. The van der Waals surface area contributed by atoms with Crippen molar-refractivity contribution in [1.82, 2.24) is 9.71 Å². The molecule has 0 atom stereocenters. The topological polar surface area (TPSA) is 71.1 Å². The average Bonchev–Trinajstić information content (AvgIpc) is 2.43. The summed E-state index contributed by atoms with van der Waals surface area (Å²) in [6.45, 7) is 2.74. The number of hydrogen-bond acceptors (Lipinski definition) is 4. The lowest BCUT2D eigenvalue weighted by molar-refractivity contribution is 0.426. The Balaban J connectivity index is 2.02. The maximum Gasteiger partial charge on any atom is 0.242 e. The van der Waals surface area contributed by atoms with E-state index in [1.807, 2.05) is 6.92 Å². The van der Waals surface area contributed by atoms with Gasteiger partial charge in [0.2, 0.25) is 10.0 Å². The molecule has 0 saturated heterocycles. The summed E-state index contributed by atoms with van der Waals surface area (Å²) in [6, 6.07) is 3.37. The molecule has 0 aliphatic heterocycles. The summed E-state index contributed by atoms with van der Waals surface area (Å²) in [5, 5.41) is 3.06. The van der Waals surface area contributed by atoms with Gasteiger partial charge in [-0.15, -0.1) is 0 Å². The second kappa shape index (κ2) is 7.75. The van der Waals surface area contributed by atoms with Gasteiger partial charge in [0.1, 0.15) is 10.7 Å². The van der Waals surface area contributed by atoms with Crippen molar-refractivity contribution in [3.05, 3.63) is 18.3 Å². The van der Waals surface area contributed by atoms with E-state index >= 15 is 0 Å².